The Labute approximate surface area is 87.8 Å². The van der Waals surface area contributed by atoms with Gasteiger partial charge in [-0.1, -0.05) is 11.4 Å². The molecule has 78 valence electrons. The standard InChI is InChI=1S/C9H15N3OS/c1-2-8-5-7(3-4-13-8)11-9-6-10-12-14-9/h6-8,11H,2-5H2,1H3. The minimum absolute atomic E-state index is 0.419. The molecule has 5 heteroatoms. The van der Waals surface area contributed by atoms with Crippen molar-refractivity contribution in [3.63, 3.8) is 0 Å². The second kappa shape index (κ2) is 4.70. The van der Waals surface area contributed by atoms with Crippen LogP contribution < -0.4 is 5.32 Å². The van der Waals surface area contributed by atoms with Gasteiger partial charge in [-0.05, 0) is 19.3 Å². The predicted molar refractivity (Wildman–Crippen MR) is 56.6 cm³/mol. The van der Waals surface area contributed by atoms with Crippen molar-refractivity contribution in [1.82, 2.24) is 9.59 Å². The maximum atomic E-state index is 5.61. The number of aromatic nitrogens is 2. The van der Waals surface area contributed by atoms with E-state index >= 15 is 0 Å². The highest BCUT2D eigenvalue weighted by atomic mass is 32.1. The van der Waals surface area contributed by atoms with E-state index in [4.69, 9.17) is 4.74 Å². The molecule has 0 spiro atoms. The normalized spacial score (nSPS) is 27.5. The third-order valence-corrected chi connectivity index (χ3v) is 3.13. The fourth-order valence-corrected chi connectivity index (χ4v) is 2.22. The van der Waals surface area contributed by atoms with Crippen LogP contribution in [0.4, 0.5) is 5.00 Å². The Hall–Kier alpha value is -0.680. The maximum absolute atomic E-state index is 5.61. The minimum atomic E-state index is 0.419. The Kier molecular flexibility index (Phi) is 3.31. The summed E-state index contributed by atoms with van der Waals surface area (Å²) < 4.78 is 9.43. The Balaban J connectivity index is 1.86. The zero-order chi connectivity index (χ0) is 9.80. The average Bonchev–Trinajstić information content (AvgIpc) is 2.71. The van der Waals surface area contributed by atoms with Gasteiger partial charge < -0.3 is 10.1 Å². The molecule has 0 amide bonds. The van der Waals surface area contributed by atoms with E-state index in [0.717, 1.165) is 30.9 Å². The summed E-state index contributed by atoms with van der Waals surface area (Å²) in [5, 5.41) is 8.30. The molecule has 1 aliphatic heterocycles. The summed E-state index contributed by atoms with van der Waals surface area (Å²) in [6.45, 7) is 3.03. The molecule has 1 aliphatic rings. The number of anilines is 1. The van der Waals surface area contributed by atoms with Gasteiger partial charge in [0.15, 0.2) is 0 Å². The van der Waals surface area contributed by atoms with E-state index < -0.39 is 0 Å². The molecule has 1 fully saturated rings. The molecule has 0 aromatic carbocycles. The number of nitrogens with zero attached hydrogens (tertiary/aromatic N) is 2. The van der Waals surface area contributed by atoms with Crippen LogP contribution in [-0.2, 0) is 4.74 Å². The molecule has 0 saturated carbocycles. The van der Waals surface area contributed by atoms with Gasteiger partial charge in [0.05, 0.1) is 12.3 Å². The van der Waals surface area contributed by atoms with Gasteiger partial charge in [0.25, 0.3) is 0 Å². The van der Waals surface area contributed by atoms with Crippen LogP contribution in [0.2, 0.25) is 0 Å². The fourth-order valence-electron chi connectivity index (χ4n) is 1.73. The Morgan fingerprint density at radius 1 is 1.71 bits per heavy atom. The summed E-state index contributed by atoms with van der Waals surface area (Å²) in [4.78, 5) is 0. The molecule has 2 atom stereocenters. The zero-order valence-corrected chi connectivity index (χ0v) is 9.09. The Bertz CT molecular complexity index is 265. The molecule has 0 bridgehead atoms. The summed E-state index contributed by atoms with van der Waals surface area (Å²) in [6.07, 6.45) is 5.46. The van der Waals surface area contributed by atoms with Gasteiger partial charge in [-0.25, -0.2) is 0 Å². The molecule has 0 aliphatic carbocycles. The van der Waals surface area contributed by atoms with Gasteiger partial charge in [0.2, 0.25) is 0 Å². The highest BCUT2D eigenvalue weighted by Crippen LogP contribution is 2.21. The fraction of sp³-hybridized carbons (Fsp3) is 0.778. The SMILES string of the molecule is CCC1CC(Nc2cnns2)CCO1. The molecule has 1 aromatic rings. The molecule has 1 saturated heterocycles. The van der Waals surface area contributed by atoms with Crippen LogP contribution in [0.5, 0.6) is 0 Å². The third-order valence-electron chi connectivity index (χ3n) is 2.53. The molecule has 14 heavy (non-hydrogen) atoms. The second-order valence-corrected chi connectivity index (χ2v) is 4.33. The molecule has 0 radical (unpaired) electrons. The summed E-state index contributed by atoms with van der Waals surface area (Å²) in [7, 11) is 0. The first-order valence-electron chi connectivity index (χ1n) is 5.04. The average molecular weight is 213 g/mol. The lowest BCUT2D eigenvalue weighted by atomic mass is 10.0. The lowest BCUT2D eigenvalue weighted by molar-refractivity contribution is 0.00930. The second-order valence-electron chi connectivity index (χ2n) is 3.55. The first kappa shape index (κ1) is 9.86. The largest absolute Gasteiger partial charge is 0.378 e. The maximum Gasteiger partial charge on any atom is 0.130 e. The van der Waals surface area contributed by atoms with E-state index in [1.54, 1.807) is 6.20 Å². The van der Waals surface area contributed by atoms with Crippen molar-refractivity contribution in [3.8, 4) is 0 Å². The molecule has 2 heterocycles. The molecule has 2 unspecified atom stereocenters. The van der Waals surface area contributed by atoms with Crippen molar-refractivity contribution in [2.45, 2.75) is 38.3 Å². The summed E-state index contributed by atoms with van der Waals surface area (Å²) >= 11 is 1.41. The third kappa shape index (κ3) is 2.42. The van der Waals surface area contributed by atoms with Crippen LogP contribution in [-0.4, -0.2) is 28.3 Å². The molecular formula is C9H15N3OS. The summed E-state index contributed by atoms with van der Waals surface area (Å²) in [6, 6.07) is 0.524. The van der Waals surface area contributed by atoms with Gasteiger partial charge in [-0.15, -0.1) is 5.10 Å². The number of ether oxygens (including phenoxy) is 1. The van der Waals surface area contributed by atoms with Crippen LogP contribution in [0, 0.1) is 0 Å². The highest BCUT2D eigenvalue weighted by Gasteiger charge is 2.21. The number of nitrogens with one attached hydrogen (secondary N) is 1. The first-order chi connectivity index (χ1) is 6.88. The van der Waals surface area contributed by atoms with E-state index in [1.165, 1.54) is 11.5 Å². The lowest BCUT2D eigenvalue weighted by Crippen LogP contribution is -2.33. The van der Waals surface area contributed by atoms with Crippen molar-refractivity contribution in [2.75, 3.05) is 11.9 Å². The van der Waals surface area contributed by atoms with Crippen LogP contribution in [0.3, 0.4) is 0 Å². The van der Waals surface area contributed by atoms with Crippen molar-refractivity contribution in [3.05, 3.63) is 6.20 Å². The van der Waals surface area contributed by atoms with Crippen molar-refractivity contribution in [1.29, 1.82) is 0 Å². The highest BCUT2D eigenvalue weighted by molar-refractivity contribution is 7.09. The van der Waals surface area contributed by atoms with Crippen LogP contribution >= 0.6 is 11.5 Å². The molecule has 1 N–H and O–H groups in total. The number of hydrogen-bond donors (Lipinski definition) is 1. The molecule has 2 rings (SSSR count). The van der Waals surface area contributed by atoms with E-state index in [-0.39, 0.29) is 0 Å². The van der Waals surface area contributed by atoms with Gasteiger partial charge >= 0.3 is 0 Å². The van der Waals surface area contributed by atoms with Gasteiger partial charge in [0, 0.05) is 24.2 Å². The molecule has 1 aromatic heterocycles. The monoisotopic (exact) mass is 213 g/mol. The van der Waals surface area contributed by atoms with Crippen molar-refractivity contribution >= 4 is 16.5 Å². The van der Waals surface area contributed by atoms with E-state index in [2.05, 4.69) is 21.8 Å². The topological polar surface area (TPSA) is 47.0 Å². The minimum Gasteiger partial charge on any atom is -0.378 e. The Morgan fingerprint density at radius 3 is 3.36 bits per heavy atom. The van der Waals surface area contributed by atoms with Crippen molar-refractivity contribution < 1.29 is 4.74 Å². The molecule has 4 nitrogen and oxygen atoms in total. The van der Waals surface area contributed by atoms with Crippen LogP contribution in [0.25, 0.3) is 0 Å². The van der Waals surface area contributed by atoms with Gasteiger partial charge in [-0.3, -0.25) is 0 Å². The smallest absolute Gasteiger partial charge is 0.130 e. The number of rotatable bonds is 3. The van der Waals surface area contributed by atoms with E-state index in [0.29, 0.717) is 12.1 Å². The van der Waals surface area contributed by atoms with Crippen molar-refractivity contribution in [2.24, 2.45) is 0 Å². The van der Waals surface area contributed by atoms with Gasteiger partial charge in [-0.2, -0.15) is 0 Å². The van der Waals surface area contributed by atoms with Crippen LogP contribution in [0.1, 0.15) is 26.2 Å². The van der Waals surface area contributed by atoms with E-state index in [1.807, 2.05) is 0 Å². The summed E-state index contributed by atoms with van der Waals surface area (Å²) in [5.41, 5.74) is 0. The molecular weight excluding hydrogens is 198 g/mol. The predicted octanol–water partition coefficient (Wildman–Crippen LogP) is 1.91. The lowest BCUT2D eigenvalue weighted by Gasteiger charge is -2.29. The first-order valence-corrected chi connectivity index (χ1v) is 5.81. The number of hydrogen-bond acceptors (Lipinski definition) is 5. The van der Waals surface area contributed by atoms with Crippen LogP contribution in [0.15, 0.2) is 6.20 Å². The summed E-state index contributed by atoms with van der Waals surface area (Å²) in [5.74, 6) is 0. The van der Waals surface area contributed by atoms with E-state index in [9.17, 15) is 0 Å². The zero-order valence-electron chi connectivity index (χ0n) is 8.27. The quantitative estimate of drug-likeness (QED) is 0.833. The van der Waals surface area contributed by atoms with Gasteiger partial charge in [0.1, 0.15) is 5.00 Å². The Morgan fingerprint density at radius 2 is 2.64 bits per heavy atom.